The third kappa shape index (κ3) is 1.93. The number of anilines is 2. The van der Waals surface area contributed by atoms with Crippen LogP contribution in [0.2, 0.25) is 0 Å². The van der Waals surface area contributed by atoms with E-state index in [2.05, 4.69) is 0 Å². The SMILES string of the molecule is CC1Oc2cccc(N)c2N(Cc2ccco2)C1=O. The van der Waals surface area contributed by atoms with Crippen molar-refractivity contribution in [1.82, 2.24) is 0 Å². The third-order valence-electron chi connectivity index (χ3n) is 3.11. The zero-order valence-corrected chi connectivity index (χ0v) is 10.5. The highest BCUT2D eigenvalue weighted by atomic mass is 16.5. The number of benzene rings is 1. The fraction of sp³-hybridized carbons (Fsp3) is 0.214. The molecule has 5 nitrogen and oxygen atoms in total. The van der Waals surface area contributed by atoms with Gasteiger partial charge in [0.05, 0.1) is 18.5 Å². The van der Waals surface area contributed by atoms with Gasteiger partial charge in [0.2, 0.25) is 0 Å². The lowest BCUT2D eigenvalue weighted by Gasteiger charge is -2.33. The van der Waals surface area contributed by atoms with Crippen molar-refractivity contribution in [2.75, 3.05) is 10.6 Å². The number of hydrogen-bond donors (Lipinski definition) is 1. The van der Waals surface area contributed by atoms with Gasteiger partial charge in [-0.15, -0.1) is 0 Å². The summed E-state index contributed by atoms with van der Waals surface area (Å²) >= 11 is 0. The summed E-state index contributed by atoms with van der Waals surface area (Å²) in [5.74, 6) is 1.21. The molecule has 2 N–H and O–H groups in total. The maximum atomic E-state index is 12.3. The maximum Gasteiger partial charge on any atom is 0.268 e. The van der Waals surface area contributed by atoms with Crippen LogP contribution in [0, 0.1) is 0 Å². The minimum absolute atomic E-state index is 0.123. The summed E-state index contributed by atoms with van der Waals surface area (Å²) in [5.41, 5.74) is 7.09. The van der Waals surface area contributed by atoms with Gasteiger partial charge in [0.1, 0.15) is 17.2 Å². The zero-order valence-electron chi connectivity index (χ0n) is 10.5. The van der Waals surface area contributed by atoms with Crippen LogP contribution in [0.4, 0.5) is 11.4 Å². The number of rotatable bonds is 2. The summed E-state index contributed by atoms with van der Waals surface area (Å²) in [5, 5.41) is 0. The molecule has 1 aliphatic rings. The molecule has 1 aromatic heterocycles. The van der Waals surface area contributed by atoms with E-state index in [-0.39, 0.29) is 5.91 Å². The Morgan fingerprint density at radius 2 is 2.16 bits per heavy atom. The van der Waals surface area contributed by atoms with Crippen molar-refractivity contribution in [2.24, 2.45) is 0 Å². The lowest BCUT2D eigenvalue weighted by molar-refractivity contribution is -0.125. The Bertz CT molecular complexity index is 607. The molecule has 1 atom stereocenters. The van der Waals surface area contributed by atoms with Crippen molar-refractivity contribution >= 4 is 17.3 Å². The predicted octanol–water partition coefficient (Wildman–Crippen LogP) is 2.18. The Kier molecular flexibility index (Phi) is 2.67. The molecule has 0 saturated carbocycles. The van der Waals surface area contributed by atoms with Crippen LogP contribution in [0.5, 0.6) is 5.75 Å². The second-order valence-corrected chi connectivity index (χ2v) is 4.46. The van der Waals surface area contributed by atoms with Crippen LogP contribution >= 0.6 is 0 Å². The zero-order chi connectivity index (χ0) is 13.4. The first kappa shape index (κ1) is 11.6. The first-order chi connectivity index (χ1) is 9.16. The summed E-state index contributed by atoms with van der Waals surface area (Å²) in [6, 6.07) is 8.98. The van der Waals surface area contributed by atoms with E-state index in [1.54, 1.807) is 30.2 Å². The molecule has 5 heteroatoms. The van der Waals surface area contributed by atoms with E-state index in [9.17, 15) is 4.79 Å². The predicted molar refractivity (Wildman–Crippen MR) is 70.8 cm³/mol. The molecule has 2 aromatic rings. The van der Waals surface area contributed by atoms with Crippen molar-refractivity contribution in [3.8, 4) is 5.75 Å². The molecular formula is C14H14N2O3. The van der Waals surface area contributed by atoms with Crippen LogP contribution < -0.4 is 15.4 Å². The number of carbonyl (C=O) groups is 1. The largest absolute Gasteiger partial charge is 0.479 e. The van der Waals surface area contributed by atoms with Crippen LogP contribution in [-0.2, 0) is 11.3 Å². The molecule has 19 heavy (non-hydrogen) atoms. The minimum atomic E-state index is -0.524. The van der Waals surface area contributed by atoms with Crippen LogP contribution in [0.15, 0.2) is 41.0 Å². The van der Waals surface area contributed by atoms with E-state index < -0.39 is 6.10 Å². The Balaban J connectivity index is 2.04. The van der Waals surface area contributed by atoms with Gasteiger partial charge >= 0.3 is 0 Å². The molecule has 0 radical (unpaired) electrons. The number of amides is 1. The second kappa shape index (κ2) is 4.35. The average molecular weight is 258 g/mol. The van der Waals surface area contributed by atoms with Gasteiger partial charge in [0, 0.05) is 0 Å². The summed E-state index contributed by atoms with van der Waals surface area (Å²) in [6.45, 7) is 2.07. The summed E-state index contributed by atoms with van der Waals surface area (Å²) in [6.07, 6.45) is 1.06. The van der Waals surface area contributed by atoms with Crippen molar-refractivity contribution in [2.45, 2.75) is 19.6 Å². The van der Waals surface area contributed by atoms with Crippen LogP contribution in [0.25, 0.3) is 0 Å². The van der Waals surface area contributed by atoms with Crippen molar-refractivity contribution in [1.29, 1.82) is 0 Å². The molecule has 1 amide bonds. The Morgan fingerprint density at radius 3 is 2.89 bits per heavy atom. The van der Waals surface area contributed by atoms with E-state index in [0.29, 0.717) is 29.4 Å². The molecule has 1 aliphatic heterocycles. The molecule has 0 saturated heterocycles. The van der Waals surface area contributed by atoms with E-state index in [0.717, 1.165) is 0 Å². The molecule has 1 aromatic carbocycles. The molecule has 0 bridgehead atoms. The topological polar surface area (TPSA) is 68.7 Å². The van der Waals surface area contributed by atoms with E-state index >= 15 is 0 Å². The van der Waals surface area contributed by atoms with Gasteiger partial charge in [-0.1, -0.05) is 6.07 Å². The number of furan rings is 1. The molecular weight excluding hydrogens is 244 g/mol. The maximum absolute atomic E-state index is 12.3. The van der Waals surface area contributed by atoms with E-state index in [1.165, 1.54) is 0 Å². The van der Waals surface area contributed by atoms with Gasteiger partial charge in [0.15, 0.2) is 6.10 Å². The van der Waals surface area contributed by atoms with Crippen molar-refractivity contribution < 1.29 is 13.9 Å². The van der Waals surface area contributed by atoms with Crippen LogP contribution in [0.3, 0.4) is 0 Å². The monoisotopic (exact) mass is 258 g/mol. The lowest BCUT2D eigenvalue weighted by atomic mass is 10.1. The minimum Gasteiger partial charge on any atom is -0.479 e. The standard InChI is InChI=1S/C14H14N2O3/c1-9-14(17)16(8-10-4-3-7-18-10)13-11(15)5-2-6-12(13)19-9/h2-7,9H,8,15H2,1H3. The fourth-order valence-electron chi connectivity index (χ4n) is 2.21. The molecule has 0 aliphatic carbocycles. The van der Waals surface area contributed by atoms with Crippen molar-refractivity contribution in [3.63, 3.8) is 0 Å². The molecule has 3 rings (SSSR count). The number of nitrogens with two attached hydrogens (primary N) is 1. The number of nitrogens with zero attached hydrogens (tertiary/aromatic N) is 1. The number of hydrogen-bond acceptors (Lipinski definition) is 4. The highest BCUT2D eigenvalue weighted by molar-refractivity contribution is 6.02. The summed E-state index contributed by atoms with van der Waals surface area (Å²) in [7, 11) is 0. The number of nitrogen functional groups attached to an aromatic ring is 1. The van der Waals surface area contributed by atoms with Crippen molar-refractivity contribution in [3.05, 3.63) is 42.4 Å². The van der Waals surface area contributed by atoms with Gasteiger partial charge < -0.3 is 14.9 Å². The smallest absolute Gasteiger partial charge is 0.268 e. The van der Waals surface area contributed by atoms with Gasteiger partial charge in [0.25, 0.3) is 5.91 Å². The summed E-state index contributed by atoms with van der Waals surface area (Å²) in [4.78, 5) is 13.9. The number of ether oxygens (including phenoxy) is 1. The second-order valence-electron chi connectivity index (χ2n) is 4.46. The normalized spacial score (nSPS) is 18.1. The number of para-hydroxylation sites is 1. The molecule has 0 fully saturated rings. The van der Waals surface area contributed by atoms with Gasteiger partial charge in [-0.2, -0.15) is 0 Å². The number of fused-ring (bicyclic) bond motifs is 1. The third-order valence-corrected chi connectivity index (χ3v) is 3.11. The summed E-state index contributed by atoms with van der Waals surface area (Å²) < 4.78 is 10.9. The first-order valence-electron chi connectivity index (χ1n) is 6.05. The quantitative estimate of drug-likeness (QED) is 0.838. The Morgan fingerprint density at radius 1 is 1.32 bits per heavy atom. The molecule has 98 valence electrons. The highest BCUT2D eigenvalue weighted by Gasteiger charge is 2.33. The first-order valence-corrected chi connectivity index (χ1v) is 6.05. The highest BCUT2D eigenvalue weighted by Crippen LogP contribution is 2.39. The Hall–Kier alpha value is -2.43. The lowest BCUT2D eigenvalue weighted by Crippen LogP contribution is -2.44. The van der Waals surface area contributed by atoms with Crippen LogP contribution in [-0.4, -0.2) is 12.0 Å². The van der Waals surface area contributed by atoms with Crippen LogP contribution in [0.1, 0.15) is 12.7 Å². The van der Waals surface area contributed by atoms with E-state index in [4.69, 9.17) is 14.9 Å². The number of carbonyl (C=O) groups excluding carboxylic acids is 1. The molecule has 2 heterocycles. The fourth-order valence-corrected chi connectivity index (χ4v) is 2.21. The van der Waals surface area contributed by atoms with E-state index in [1.807, 2.05) is 18.2 Å². The molecule has 0 spiro atoms. The van der Waals surface area contributed by atoms with Gasteiger partial charge in [-0.05, 0) is 31.2 Å². The Labute approximate surface area is 110 Å². The van der Waals surface area contributed by atoms with Gasteiger partial charge in [-0.3, -0.25) is 9.69 Å². The average Bonchev–Trinajstić information content (AvgIpc) is 2.88. The molecule has 1 unspecified atom stereocenters. The van der Waals surface area contributed by atoms with Gasteiger partial charge in [-0.25, -0.2) is 0 Å².